The molecule has 0 aliphatic heterocycles. The zero-order valence-electron chi connectivity index (χ0n) is 9.64. The number of nitrogen functional groups attached to an aromatic ring is 1. The van der Waals surface area contributed by atoms with Crippen LogP contribution in [0.25, 0.3) is 0 Å². The highest BCUT2D eigenvalue weighted by molar-refractivity contribution is 5.63. The molecule has 0 spiro atoms. The van der Waals surface area contributed by atoms with Gasteiger partial charge in [0.25, 0.3) is 0 Å². The molecule has 0 atom stereocenters. The Kier molecular flexibility index (Phi) is 2.71. The lowest BCUT2D eigenvalue weighted by Gasteiger charge is -2.08. The van der Waals surface area contributed by atoms with Crippen LogP contribution in [0.5, 0.6) is 11.6 Å². The Bertz CT molecular complexity index is 595. The van der Waals surface area contributed by atoms with Crippen LogP contribution < -0.4 is 10.5 Å². The number of benzene rings is 1. The largest absolute Gasteiger partial charge is 0.437 e. The minimum atomic E-state index is 0.342. The molecule has 0 radical (unpaired) electrons. The molecular formula is C12H12N4O. The maximum Gasteiger partial charge on any atom is 0.217 e. The maximum absolute atomic E-state index is 8.86. The molecule has 1 aromatic heterocycles. The highest BCUT2D eigenvalue weighted by Gasteiger charge is 2.09. The first-order valence-electron chi connectivity index (χ1n) is 5.09. The number of anilines is 1. The van der Waals surface area contributed by atoms with E-state index in [9.17, 15) is 0 Å². The van der Waals surface area contributed by atoms with Crippen molar-refractivity contribution < 1.29 is 4.74 Å². The van der Waals surface area contributed by atoms with Crippen molar-refractivity contribution in [3.05, 3.63) is 35.5 Å². The van der Waals surface area contributed by atoms with Gasteiger partial charge >= 0.3 is 0 Å². The lowest BCUT2D eigenvalue weighted by Crippen LogP contribution is -1.99. The van der Waals surface area contributed by atoms with Crippen LogP contribution in [0.2, 0.25) is 0 Å². The van der Waals surface area contributed by atoms with Crippen molar-refractivity contribution >= 4 is 5.69 Å². The molecule has 5 heteroatoms. The molecule has 2 N–H and O–H groups in total. The number of rotatable bonds is 2. The SMILES string of the molecule is Cc1cc(Oc2cccc(C#N)c2N)n(C)n1. The second-order valence-corrected chi connectivity index (χ2v) is 3.68. The van der Waals surface area contributed by atoms with Crippen molar-refractivity contribution in [3.63, 3.8) is 0 Å². The summed E-state index contributed by atoms with van der Waals surface area (Å²) in [5, 5.41) is 13.0. The highest BCUT2D eigenvalue weighted by Crippen LogP contribution is 2.29. The number of aryl methyl sites for hydroxylation is 2. The van der Waals surface area contributed by atoms with Gasteiger partial charge < -0.3 is 10.5 Å². The summed E-state index contributed by atoms with van der Waals surface area (Å²) < 4.78 is 7.25. The molecule has 0 aliphatic rings. The minimum absolute atomic E-state index is 0.342. The third-order valence-electron chi connectivity index (χ3n) is 2.36. The third-order valence-corrected chi connectivity index (χ3v) is 2.36. The lowest BCUT2D eigenvalue weighted by atomic mass is 10.2. The Balaban J connectivity index is 2.37. The lowest BCUT2D eigenvalue weighted by molar-refractivity contribution is 0.432. The molecule has 2 rings (SSSR count). The molecule has 5 nitrogen and oxygen atoms in total. The second-order valence-electron chi connectivity index (χ2n) is 3.68. The summed E-state index contributed by atoms with van der Waals surface area (Å²) >= 11 is 0. The van der Waals surface area contributed by atoms with Crippen LogP contribution in [-0.2, 0) is 7.05 Å². The standard InChI is InChI=1S/C12H12N4O/c1-8-6-11(16(2)15-8)17-10-5-3-4-9(7-13)12(10)14/h3-6H,14H2,1-2H3. The van der Waals surface area contributed by atoms with Crippen molar-refractivity contribution in [1.82, 2.24) is 9.78 Å². The Morgan fingerprint density at radius 1 is 1.47 bits per heavy atom. The van der Waals surface area contributed by atoms with Crippen LogP contribution in [0.3, 0.4) is 0 Å². The number of aromatic nitrogens is 2. The van der Waals surface area contributed by atoms with E-state index >= 15 is 0 Å². The van der Waals surface area contributed by atoms with Crippen LogP contribution in [-0.4, -0.2) is 9.78 Å². The summed E-state index contributed by atoms with van der Waals surface area (Å²) in [7, 11) is 1.78. The number of para-hydroxylation sites is 1. The average molecular weight is 228 g/mol. The fraction of sp³-hybridized carbons (Fsp3) is 0.167. The van der Waals surface area contributed by atoms with Gasteiger partial charge in [0.1, 0.15) is 6.07 Å². The van der Waals surface area contributed by atoms with Crippen molar-refractivity contribution in [3.8, 4) is 17.7 Å². The summed E-state index contributed by atoms with van der Waals surface area (Å²) in [5.74, 6) is 1.05. The van der Waals surface area contributed by atoms with E-state index in [1.165, 1.54) is 0 Å². The molecule has 0 amide bonds. The quantitative estimate of drug-likeness (QED) is 0.797. The molecule has 86 valence electrons. The summed E-state index contributed by atoms with van der Waals surface area (Å²) in [6, 6.07) is 8.92. The number of nitrogens with two attached hydrogens (primary N) is 1. The van der Waals surface area contributed by atoms with E-state index < -0.39 is 0 Å². The Labute approximate surface area is 99.0 Å². The molecule has 0 saturated carbocycles. The Hall–Kier alpha value is -2.48. The number of nitriles is 1. The normalized spacial score (nSPS) is 9.94. The maximum atomic E-state index is 8.86. The summed E-state index contributed by atoms with van der Waals surface area (Å²) in [5.41, 5.74) is 7.43. The predicted octanol–water partition coefficient (Wildman–Crippen LogP) is 1.97. The van der Waals surface area contributed by atoms with Crippen molar-refractivity contribution in [2.24, 2.45) is 7.05 Å². The molecule has 17 heavy (non-hydrogen) atoms. The van der Waals surface area contributed by atoms with Gasteiger partial charge in [-0.1, -0.05) is 6.07 Å². The monoisotopic (exact) mass is 228 g/mol. The molecule has 0 unspecified atom stereocenters. The van der Waals surface area contributed by atoms with Crippen LogP contribution >= 0.6 is 0 Å². The van der Waals surface area contributed by atoms with E-state index in [2.05, 4.69) is 5.10 Å². The van der Waals surface area contributed by atoms with Crippen molar-refractivity contribution in [2.45, 2.75) is 6.92 Å². The minimum Gasteiger partial charge on any atom is -0.437 e. The predicted molar refractivity (Wildman–Crippen MR) is 63.6 cm³/mol. The van der Waals surface area contributed by atoms with Crippen molar-refractivity contribution in [2.75, 3.05) is 5.73 Å². The van der Waals surface area contributed by atoms with Crippen LogP contribution in [0.4, 0.5) is 5.69 Å². The number of nitrogens with zero attached hydrogens (tertiary/aromatic N) is 3. The molecule has 1 heterocycles. The van der Waals surface area contributed by atoms with Gasteiger partial charge in [0.15, 0.2) is 5.75 Å². The van der Waals surface area contributed by atoms with E-state index in [-0.39, 0.29) is 0 Å². The van der Waals surface area contributed by atoms with Gasteiger partial charge in [0.2, 0.25) is 5.88 Å². The topological polar surface area (TPSA) is 76.9 Å². The molecule has 0 saturated heterocycles. The van der Waals surface area contributed by atoms with Gasteiger partial charge in [0.05, 0.1) is 16.9 Å². The van der Waals surface area contributed by atoms with Gasteiger partial charge in [-0.3, -0.25) is 0 Å². The Morgan fingerprint density at radius 3 is 2.82 bits per heavy atom. The molecular weight excluding hydrogens is 216 g/mol. The van der Waals surface area contributed by atoms with E-state index in [1.807, 2.05) is 13.0 Å². The second kappa shape index (κ2) is 4.18. The first-order chi connectivity index (χ1) is 8.11. The van der Waals surface area contributed by atoms with Crippen molar-refractivity contribution in [1.29, 1.82) is 5.26 Å². The fourth-order valence-corrected chi connectivity index (χ4v) is 1.53. The molecule has 1 aromatic carbocycles. The first-order valence-corrected chi connectivity index (χ1v) is 5.09. The van der Waals surface area contributed by atoms with E-state index in [1.54, 1.807) is 36.0 Å². The molecule has 0 fully saturated rings. The van der Waals surface area contributed by atoms with Crippen LogP contribution in [0.1, 0.15) is 11.3 Å². The van der Waals surface area contributed by atoms with Gasteiger partial charge in [-0.25, -0.2) is 4.68 Å². The third kappa shape index (κ3) is 2.06. The smallest absolute Gasteiger partial charge is 0.217 e. The molecule has 0 aliphatic carbocycles. The summed E-state index contributed by atoms with van der Waals surface area (Å²) in [6.07, 6.45) is 0. The van der Waals surface area contributed by atoms with Crippen LogP contribution in [0, 0.1) is 18.3 Å². The number of hydrogen-bond acceptors (Lipinski definition) is 4. The first kappa shape index (κ1) is 11.0. The average Bonchev–Trinajstić information content (AvgIpc) is 2.60. The van der Waals surface area contributed by atoms with Gasteiger partial charge in [-0.05, 0) is 19.1 Å². The van der Waals surface area contributed by atoms with E-state index in [0.29, 0.717) is 22.9 Å². The Morgan fingerprint density at radius 2 is 2.24 bits per heavy atom. The molecule has 2 aromatic rings. The zero-order valence-corrected chi connectivity index (χ0v) is 9.64. The summed E-state index contributed by atoms with van der Waals surface area (Å²) in [6.45, 7) is 1.88. The number of ether oxygens (including phenoxy) is 1. The van der Waals surface area contributed by atoms with Crippen LogP contribution in [0.15, 0.2) is 24.3 Å². The van der Waals surface area contributed by atoms with E-state index in [0.717, 1.165) is 5.69 Å². The highest BCUT2D eigenvalue weighted by atomic mass is 16.5. The van der Waals surface area contributed by atoms with Gasteiger partial charge in [-0.15, -0.1) is 0 Å². The van der Waals surface area contributed by atoms with Gasteiger partial charge in [-0.2, -0.15) is 10.4 Å². The summed E-state index contributed by atoms with van der Waals surface area (Å²) in [4.78, 5) is 0. The zero-order chi connectivity index (χ0) is 12.4. The van der Waals surface area contributed by atoms with Gasteiger partial charge in [0, 0.05) is 13.1 Å². The number of hydrogen-bond donors (Lipinski definition) is 1. The fourth-order valence-electron chi connectivity index (χ4n) is 1.53. The van der Waals surface area contributed by atoms with E-state index in [4.69, 9.17) is 15.7 Å². The molecule has 0 bridgehead atoms.